The predicted molar refractivity (Wildman–Crippen MR) is 133 cm³/mol. The van der Waals surface area contributed by atoms with Crippen LogP contribution in [0.5, 0.6) is 23.0 Å². The van der Waals surface area contributed by atoms with E-state index in [1.54, 1.807) is 24.3 Å². The first-order valence-electron chi connectivity index (χ1n) is 10.8. The largest absolute Gasteiger partial charge is 0.493 e. The highest BCUT2D eigenvalue weighted by Crippen LogP contribution is 2.37. The van der Waals surface area contributed by atoms with E-state index in [2.05, 4.69) is 0 Å². The average Bonchev–Trinajstić information content (AvgIpc) is 3.44. The number of fused-ring (bicyclic) bond motifs is 1. The van der Waals surface area contributed by atoms with Gasteiger partial charge in [0.1, 0.15) is 12.4 Å². The molecule has 3 aromatic rings. The average molecular weight is 528 g/mol. The van der Waals surface area contributed by atoms with E-state index in [1.807, 2.05) is 18.2 Å². The van der Waals surface area contributed by atoms with Crippen molar-refractivity contribution in [1.29, 1.82) is 0 Å². The second-order valence-electron chi connectivity index (χ2n) is 7.85. The molecular weight excluding hydrogens is 509 g/mol. The van der Waals surface area contributed by atoms with Crippen LogP contribution in [-0.4, -0.2) is 29.9 Å². The molecule has 0 aliphatic carbocycles. The van der Waals surface area contributed by atoms with Crippen molar-refractivity contribution in [3.8, 4) is 23.0 Å². The molecule has 0 bridgehead atoms. The van der Waals surface area contributed by atoms with Crippen LogP contribution in [0.3, 0.4) is 0 Å². The molecule has 10 heteroatoms. The summed E-state index contributed by atoms with van der Waals surface area (Å²) in [5, 5.41) is -0.347. The number of amides is 2. The second-order valence-corrected chi connectivity index (χ2v) is 9.26. The lowest BCUT2D eigenvalue weighted by atomic mass is 10.1. The lowest BCUT2D eigenvalue weighted by molar-refractivity contribution is -0.123. The Morgan fingerprint density at radius 3 is 2.72 bits per heavy atom. The van der Waals surface area contributed by atoms with Gasteiger partial charge in [0.15, 0.2) is 23.0 Å². The molecule has 0 atom stereocenters. The van der Waals surface area contributed by atoms with Crippen LogP contribution < -0.4 is 18.9 Å². The Hall–Kier alpha value is -3.69. The van der Waals surface area contributed by atoms with Crippen LogP contribution in [0.25, 0.3) is 6.08 Å². The molecule has 0 radical (unpaired) electrons. The van der Waals surface area contributed by atoms with Crippen molar-refractivity contribution in [1.82, 2.24) is 4.90 Å². The Kier molecular flexibility index (Phi) is 6.75. The van der Waals surface area contributed by atoms with Gasteiger partial charge in [-0.05, 0) is 65.4 Å². The predicted octanol–water partition coefficient (Wildman–Crippen LogP) is 6.03. The van der Waals surface area contributed by atoms with Crippen LogP contribution >= 0.6 is 23.4 Å². The Balaban J connectivity index is 1.30. The van der Waals surface area contributed by atoms with Gasteiger partial charge in [0.2, 0.25) is 6.79 Å². The summed E-state index contributed by atoms with van der Waals surface area (Å²) in [5.41, 5.74) is 1.62. The number of benzene rings is 3. The molecule has 7 nitrogen and oxygen atoms in total. The topological polar surface area (TPSA) is 74.3 Å². The molecule has 1 fully saturated rings. The van der Waals surface area contributed by atoms with Crippen LogP contribution in [0, 0.1) is 5.82 Å². The van der Waals surface area contributed by atoms with E-state index in [-0.39, 0.29) is 35.4 Å². The first-order valence-corrected chi connectivity index (χ1v) is 12.0. The number of hydrogen-bond acceptors (Lipinski definition) is 7. The highest BCUT2D eigenvalue weighted by Gasteiger charge is 2.36. The number of methoxy groups -OCH3 is 1. The Labute approximate surface area is 215 Å². The minimum Gasteiger partial charge on any atom is -0.493 e. The standard InChI is InChI=1S/C26H19ClFNO6S/c1-32-22-9-15(5-7-20(22)33-13-16-6-8-21-23(10-16)35-14-34-21)11-24-25(30)29(26(31)36-24)12-17-18(27)3-2-4-19(17)28/h2-11H,12-14H2,1H3/b24-11+. The lowest BCUT2D eigenvalue weighted by Crippen LogP contribution is -2.28. The van der Waals surface area contributed by atoms with E-state index >= 15 is 0 Å². The summed E-state index contributed by atoms with van der Waals surface area (Å²) in [7, 11) is 1.51. The van der Waals surface area contributed by atoms with Gasteiger partial charge in [-0.3, -0.25) is 14.5 Å². The SMILES string of the molecule is COc1cc(/C=C2/SC(=O)N(Cc3c(F)cccc3Cl)C2=O)ccc1OCc1ccc2c(c1)OCO2. The highest BCUT2D eigenvalue weighted by molar-refractivity contribution is 8.18. The van der Waals surface area contributed by atoms with Gasteiger partial charge in [0.25, 0.3) is 11.1 Å². The summed E-state index contributed by atoms with van der Waals surface area (Å²) in [5.74, 6) is 1.24. The van der Waals surface area contributed by atoms with Gasteiger partial charge in [-0.15, -0.1) is 0 Å². The van der Waals surface area contributed by atoms with Crippen molar-refractivity contribution in [3.05, 3.63) is 87.0 Å². The molecule has 0 saturated carbocycles. The molecule has 5 rings (SSSR count). The number of ether oxygens (including phenoxy) is 4. The van der Waals surface area contributed by atoms with Gasteiger partial charge in [-0.2, -0.15) is 0 Å². The summed E-state index contributed by atoms with van der Waals surface area (Å²) in [4.78, 5) is 26.5. The third kappa shape index (κ3) is 4.84. The maximum atomic E-state index is 14.2. The third-order valence-corrected chi connectivity index (χ3v) is 6.83. The lowest BCUT2D eigenvalue weighted by Gasteiger charge is -2.14. The molecule has 0 spiro atoms. The summed E-state index contributed by atoms with van der Waals surface area (Å²) in [6, 6.07) is 15.0. The monoisotopic (exact) mass is 527 g/mol. The molecule has 3 aromatic carbocycles. The van der Waals surface area contributed by atoms with E-state index < -0.39 is 17.0 Å². The van der Waals surface area contributed by atoms with Gasteiger partial charge in [0, 0.05) is 10.6 Å². The number of imide groups is 1. The van der Waals surface area contributed by atoms with Crippen molar-refractivity contribution in [2.45, 2.75) is 13.2 Å². The van der Waals surface area contributed by atoms with Crippen molar-refractivity contribution in [3.63, 3.8) is 0 Å². The van der Waals surface area contributed by atoms with Crippen molar-refractivity contribution < 1.29 is 32.9 Å². The van der Waals surface area contributed by atoms with Crippen LogP contribution in [0.4, 0.5) is 9.18 Å². The number of thioether (sulfide) groups is 1. The zero-order chi connectivity index (χ0) is 25.2. The van der Waals surface area contributed by atoms with E-state index in [1.165, 1.54) is 25.3 Å². The summed E-state index contributed by atoms with van der Waals surface area (Å²) >= 11 is 6.84. The maximum absolute atomic E-state index is 14.2. The van der Waals surface area contributed by atoms with Gasteiger partial charge in [0.05, 0.1) is 18.6 Å². The molecule has 0 aromatic heterocycles. The van der Waals surface area contributed by atoms with Gasteiger partial charge in [-0.1, -0.05) is 29.8 Å². The van der Waals surface area contributed by atoms with E-state index in [0.717, 1.165) is 22.2 Å². The normalized spacial score (nSPS) is 15.6. The fourth-order valence-corrected chi connectivity index (χ4v) is 4.78. The molecule has 1 saturated heterocycles. The molecular formula is C26H19ClFNO6S. The third-order valence-electron chi connectivity index (χ3n) is 5.57. The van der Waals surface area contributed by atoms with Gasteiger partial charge >= 0.3 is 0 Å². The number of carbonyl (C=O) groups excluding carboxylic acids is 2. The van der Waals surface area contributed by atoms with Crippen LogP contribution in [-0.2, 0) is 17.9 Å². The van der Waals surface area contributed by atoms with E-state index in [4.69, 9.17) is 30.5 Å². The highest BCUT2D eigenvalue weighted by atomic mass is 35.5. The number of hydrogen-bond donors (Lipinski definition) is 0. The van der Waals surface area contributed by atoms with Crippen LogP contribution in [0.2, 0.25) is 5.02 Å². The summed E-state index contributed by atoms with van der Waals surface area (Å²) in [6.07, 6.45) is 1.58. The quantitative estimate of drug-likeness (QED) is 0.347. The first kappa shape index (κ1) is 24.0. The minimum atomic E-state index is -0.577. The zero-order valence-electron chi connectivity index (χ0n) is 19.0. The summed E-state index contributed by atoms with van der Waals surface area (Å²) in [6.45, 7) is 0.235. The van der Waals surface area contributed by atoms with Crippen molar-refractivity contribution >= 4 is 40.6 Å². The summed E-state index contributed by atoms with van der Waals surface area (Å²) < 4.78 is 36.3. The Morgan fingerprint density at radius 1 is 1.08 bits per heavy atom. The molecule has 2 heterocycles. The zero-order valence-corrected chi connectivity index (χ0v) is 20.5. The molecule has 36 heavy (non-hydrogen) atoms. The smallest absolute Gasteiger partial charge is 0.293 e. The molecule has 0 unspecified atom stereocenters. The molecule has 184 valence electrons. The Bertz CT molecular complexity index is 1370. The molecule has 2 aliphatic heterocycles. The second kappa shape index (κ2) is 10.1. The van der Waals surface area contributed by atoms with Gasteiger partial charge in [-0.25, -0.2) is 4.39 Å². The van der Waals surface area contributed by atoms with Crippen LogP contribution in [0.15, 0.2) is 59.5 Å². The molecule has 0 N–H and O–H groups in total. The van der Waals surface area contributed by atoms with E-state index in [9.17, 15) is 14.0 Å². The minimum absolute atomic E-state index is 0.0911. The fraction of sp³-hybridized carbons (Fsp3) is 0.154. The fourth-order valence-electron chi connectivity index (χ4n) is 3.71. The number of halogens is 2. The molecule has 2 amide bonds. The van der Waals surface area contributed by atoms with Gasteiger partial charge < -0.3 is 18.9 Å². The van der Waals surface area contributed by atoms with Crippen LogP contribution in [0.1, 0.15) is 16.7 Å². The number of carbonyl (C=O) groups is 2. The Morgan fingerprint density at radius 2 is 1.92 bits per heavy atom. The van der Waals surface area contributed by atoms with Crippen molar-refractivity contribution in [2.24, 2.45) is 0 Å². The number of rotatable bonds is 7. The number of nitrogens with zero attached hydrogens (tertiary/aromatic N) is 1. The molecule has 2 aliphatic rings. The van der Waals surface area contributed by atoms with E-state index in [0.29, 0.717) is 28.6 Å². The first-order chi connectivity index (χ1) is 17.4. The maximum Gasteiger partial charge on any atom is 0.293 e. The van der Waals surface area contributed by atoms with Crippen molar-refractivity contribution in [2.75, 3.05) is 13.9 Å².